The maximum absolute atomic E-state index is 12.8. The van der Waals surface area contributed by atoms with E-state index in [1.165, 1.54) is 18.3 Å². The second-order valence-electron chi connectivity index (χ2n) is 6.62. The number of hydrogen-bond donors (Lipinski definition) is 2. The maximum Gasteiger partial charge on any atom is 0.229 e. The molecule has 29 heavy (non-hydrogen) atoms. The number of nitrogens with one attached hydrogen (secondary N) is 2. The van der Waals surface area contributed by atoms with Crippen LogP contribution in [0.2, 0.25) is 0 Å². The molecule has 6 nitrogen and oxygen atoms in total. The lowest BCUT2D eigenvalue weighted by atomic mass is 10.1. The van der Waals surface area contributed by atoms with Gasteiger partial charge in [0.05, 0.1) is 23.5 Å². The summed E-state index contributed by atoms with van der Waals surface area (Å²) in [6.07, 6.45) is 0.123. The Morgan fingerprint density at radius 3 is 2.52 bits per heavy atom. The fraction of sp³-hybridized carbons (Fsp3) is 0.136. The number of nitrogens with zero attached hydrogens (tertiary/aromatic N) is 2. The summed E-state index contributed by atoms with van der Waals surface area (Å²) in [7, 11) is 0. The van der Waals surface area contributed by atoms with Crippen LogP contribution in [0.4, 0.5) is 5.95 Å². The van der Waals surface area contributed by atoms with Crippen molar-refractivity contribution in [1.82, 2.24) is 14.9 Å². The number of benzene rings is 2. The predicted octanol–water partition coefficient (Wildman–Crippen LogP) is 4.29. The van der Waals surface area contributed by atoms with E-state index in [-0.39, 0.29) is 24.3 Å². The average molecular weight is 404 g/mol. The van der Waals surface area contributed by atoms with Crippen LogP contribution in [0.1, 0.15) is 24.3 Å². The zero-order valence-corrected chi connectivity index (χ0v) is 16.6. The van der Waals surface area contributed by atoms with Crippen molar-refractivity contribution in [1.29, 1.82) is 0 Å². The van der Waals surface area contributed by atoms with Gasteiger partial charge in [-0.15, -0.1) is 11.3 Å². The molecule has 0 fully saturated rings. The van der Waals surface area contributed by atoms with Gasteiger partial charge in [0.25, 0.3) is 0 Å². The van der Waals surface area contributed by atoms with Crippen molar-refractivity contribution in [3.8, 4) is 5.69 Å². The van der Waals surface area contributed by atoms with Gasteiger partial charge in [-0.2, -0.15) is 0 Å². The third-order valence-corrected chi connectivity index (χ3v) is 5.47. The Bertz CT molecular complexity index is 1140. The molecule has 2 amide bonds. The molecule has 0 spiro atoms. The highest BCUT2D eigenvalue weighted by atomic mass is 32.1. The van der Waals surface area contributed by atoms with Gasteiger partial charge in [-0.25, -0.2) is 4.98 Å². The molecule has 1 unspecified atom stereocenters. The monoisotopic (exact) mass is 404 g/mol. The van der Waals surface area contributed by atoms with Gasteiger partial charge in [0, 0.05) is 17.5 Å². The molecule has 2 aromatic heterocycles. The van der Waals surface area contributed by atoms with E-state index in [2.05, 4.69) is 15.6 Å². The Hall–Kier alpha value is -3.45. The number of carbonyl (C=O) groups is 2. The van der Waals surface area contributed by atoms with Crippen LogP contribution < -0.4 is 10.6 Å². The highest BCUT2D eigenvalue weighted by Gasteiger charge is 2.20. The standard InChI is InChI=1S/C22H20N4O2S/c1-15(27)23-18(20-12-7-13-29-20)14-21(28)25-22-24-17-10-5-6-11-19(17)26(22)16-8-3-2-4-9-16/h2-13,18H,14H2,1H3,(H,23,27)(H,24,25,28). The topological polar surface area (TPSA) is 76.0 Å². The molecule has 0 aliphatic heterocycles. The van der Waals surface area contributed by atoms with Crippen molar-refractivity contribution >= 4 is 40.1 Å². The maximum atomic E-state index is 12.8. The fourth-order valence-corrected chi connectivity index (χ4v) is 4.04. The Labute approximate surface area is 172 Å². The molecular formula is C22H20N4O2S. The van der Waals surface area contributed by atoms with E-state index in [0.29, 0.717) is 5.95 Å². The Morgan fingerprint density at radius 2 is 1.79 bits per heavy atom. The molecule has 2 heterocycles. The normalized spacial score (nSPS) is 11.9. The number of aromatic nitrogens is 2. The van der Waals surface area contributed by atoms with Gasteiger partial charge in [-0.1, -0.05) is 36.4 Å². The zero-order chi connectivity index (χ0) is 20.2. The number of fused-ring (bicyclic) bond motifs is 1. The number of thiophene rings is 1. The van der Waals surface area contributed by atoms with Crippen LogP contribution in [0.15, 0.2) is 72.1 Å². The molecule has 0 saturated carbocycles. The van der Waals surface area contributed by atoms with Crippen molar-refractivity contribution in [2.45, 2.75) is 19.4 Å². The van der Waals surface area contributed by atoms with Gasteiger partial charge >= 0.3 is 0 Å². The van der Waals surface area contributed by atoms with Crippen LogP contribution in [0.3, 0.4) is 0 Å². The van der Waals surface area contributed by atoms with Crippen molar-refractivity contribution in [2.24, 2.45) is 0 Å². The quantitative estimate of drug-likeness (QED) is 0.503. The minimum atomic E-state index is -0.373. The number of rotatable bonds is 6. The van der Waals surface area contributed by atoms with Crippen LogP contribution in [0, 0.1) is 0 Å². The van der Waals surface area contributed by atoms with Crippen LogP contribution in [-0.2, 0) is 9.59 Å². The summed E-state index contributed by atoms with van der Waals surface area (Å²) in [6, 6.07) is 21.0. The number of amides is 2. The van der Waals surface area contributed by atoms with E-state index in [1.807, 2.05) is 76.7 Å². The van der Waals surface area contributed by atoms with Crippen molar-refractivity contribution < 1.29 is 9.59 Å². The molecule has 2 aromatic carbocycles. The van der Waals surface area contributed by atoms with Gasteiger partial charge in [-0.3, -0.25) is 19.5 Å². The number of anilines is 1. The Kier molecular flexibility index (Phi) is 5.39. The van der Waals surface area contributed by atoms with Crippen LogP contribution >= 0.6 is 11.3 Å². The van der Waals surface area contributed by atoms with E-state index in [9.17, 15) is 9.59 Å². The largest absolute Gasteiger partial charge is 0.348 e. The summed E-state index contributed by atoms with van der Waals surface area (Å²) in [5.74, 6) is 0.0625. The van der Waals surface area contributed by atoms with E-state index in [1.54, 1.807) is 0 Å². The summed E-state index contributed by atoms with van der Waals surface area (Å²) in [6.45, 7) is 1.45. The first-order valence-electron chi connectivity index (χ1n) is 9.25. The van der Waals surface area contributed by atoms with Gasteiger partial charge in [-0.05, 0) is 35.7 Å². The van der Waals surface area contributed by atoms with Crippen LogP contribution in [-0.4, -0.2) is 21.4 Å². The molecule has 4 rings (SSSR count). The van der Waals surface area contributed by atoms with Gasteiger partial charge in [0.15, 0.2) is 0 Å². The van der Waals surface area contributed by atoms with Crippen molar-refractivity contribution in [3.05, 3.63) is 77.0 Å². The molecule has 0 radical (unpaired) electrons. The third-order valence-electron chi connectivity index (χ3n) is 4.48. The van der Waals surface area contributed by atoms with Gasteiger partial charge in [0.1, 0.15) is 0 Å². The van der Waals surface area contributed by atoms with E-state index in [0.717, 1.165) is 21.6 Å². The van der Waals surface area contributed by atoms with E-state index >= 15 is 0 Å². The number of imidazole rings is 1. The van der Waals surface area contributed by atoms with Crippen molar-refractivity contribution in [3.63, 3.8) is 0 Å². The summed E-state index contributed by atoms with van der Waals surface area (Å²) < 4.78 is 1.92. The number of hydrogen-bond acceptors (Lipinski definition) is 4. The van der Waals surface area contributed by atoms with E-state index < -0.39 is 0 Å². The minimum absolute atomic E-state index is 0.123. The lowest BCUT2D eigenvalue weighted by Gasteiger charge is -2.16. The number of para-hydroxylation sites is 3. The summed E-state index contributed by atoms with van der Waals surface area (Å²) in [5.41, 5.74) is 2.61. The molecular weight excluding hydrogens is 384 g/mol. The zero-order valence-electron chi connectivity index (χ0n) is 15.8. The second-order valence-corrected chi connectivity index (χ2v) is 7.60. The third kappa shape index (κ3) is 4.20. The van der Waals surface area contributed by atoms with E-state index in [4.69, 9.17) is 0 Å². The molecule has 146 valence electrons. The van der Waals surface area contributed by atoms with Gasteiger partial charge < -0.3 is 5.32 Å². The fourth-order valence-electron chi connectivity index (χ4n) is 3.27. The highest BCUT2D eigenvalue weighted by molar-refractivity contribution is 7.10. The van der Waals surface area contributed by atoms with Crippen LogP contribution in [0.5, 0.6) is 0 Å². The lowest BCUT2D eigenvalue weighted by Crippen LogP contribution is -2.29. The highest BCUT2D eigenvalue weighted by Crippen LogP contribution is 2.26. The smallest absolute Gasteiger partial charge is 0.229 e. The Balaban J connectivity index is 1.63. The minimum Gasteiger partial charge on any atom is -0.348 e. The first-order chi connectivity index (χ1) is 14.1. The van der Waals surface area contributed by atoms with Crippen molar-refractivity contribution in [2.75, 3.05) is 5.32 Å². The molecule has 7 heteroatoms. The lowest BCUT2D eigenvalue weighted by molar-refractivity contribution is -0.120. The van der Waals surface area contributed by atoms with Gasteiger partial charge in [0.2, 0.25) is 17.8 Å². The second kappa shape index (κ2) is 8.28. The summed E-state index contributed by atoms with van der Waals surface area (Å²) in [4.78, 5) is 30.0. The molecule has 0 saturated heterocycles. The first kappa shape index (κ1) is 18.9. The molecule has 1 atom stereocenters. The summed E-state index contributed by atoms with van der Waals surface area (Å²) >= 11 is 1.51. The Morgan fingerprint density at radius 1 is 1.03 bits per heavy atom. The first-order valence-corrected chi connectivity index (χ1v) is 10.1. The molecule has 0 aliphatic carbocycles. The predicted molar refractivity (Wildman–Crippen MR) is 115 cm³/mol. The molecule has 0 aliphatic rings. The molecule has 4 aromatic rings. The van der Waals surface area contributed by atoms with Crippen LogP contribution in [0.25, 0.3) is 16.7 Å². The molecule has 0 bridgehead atoms. The molecule has 2 N–H and O–H groups in total. The number of carbonyl (C=O) groups excluding carboxylic acids is 2. The SMILES string of the molecule is CC(=O)NC(CC(=O)Nc1nc2ccccc2n1-c1ccccc1)c1cccs1. The average Bonchev–Trinajstić information content (AvgIpc) is 3.35. The summed E-state index contributed by atoms with van der Waals surface area (Å²) in [5, 5.41) is 7.71.